The first-order valence-electron chi connectivity index (χ1n) is 5.50. The molecule has 2 heterocycles. The predicted octanol–water partition coefficient (Wildman–Crippen LogP) is 2.90. The Morgan fingerprint density at radius 1 is 1.41 bits per heavy atom. The van der Waals surface area contributed by atoms with E-state index in [0.717, 1.165) is 15.6 Å². The maximum atomic E-state index is 12.1. The number of nitrogens with zero attached hydrogens (tertiary/aromatic N) is 1. The fraction of sp³-hybridized carbons (Fsp3) is 0.231. The molecule has 1 aliphatic rings. The molecule has 0 saturated carbocycles. The van der Waals surface area contributed by atoms with Crippen molar-refractivity contribution in [1.29, 1.82) is 0 Å². The first-order valence-corrected chi connectivity index (χ1v) is 6.38. The lowest BCUT2D eigenvalue weighted by Crippen LogP contribution is -2.08. The lowest BCUT2D eigenvalue weighted by Gasteiger charge is -2.00. The zero-order valence-corrected chi connectivity index (χ0v) is 10.00. The molecule has 1 aromatic heterocycles. The highest BCUT2D eigenvalue weighted by Crippen LogP contribution is 2.26. The molecule has 0 atom stereocenters. The topological polar surface area (TPSA) is 38.7 Å². The van der Waals surface area contributed by atoms with Crippen molar-refractivity contribution >= 4 is 33.1 Å². The standard InChI is InChI=1S/C13H11NO2S/c15-11(7-13-14-5-6-16-13)10-8-17-12-4-2-1-3-9(10)12/h1-4,8H,5-7H2. The molecule has 0 amide bonds. The molecular formula is C13H11NO2S. The smallest absolute Gasteiger partial charge is 0.191 e. The summed E-state index contributed by atoms with van der Waals surface area (Å²) >= 11 is 1.60. The van der Waals surface area contributed by atoms with Crippen molar-refractivity contribution in [2.75, 3.05) is 13.2 Å². The number of hydrogen-bond acceptors (Lipinski definition) is 4. The van der Waals surface area contributed by atoms with Gasteiger partial charge in [0, 0.05) is 21.0 Å². The quantitative estimate of drug-likeness (QED) is 0.780. The molecule has 3 rings (SSSR count). The van der Waals surface area contributed by atoms with Crippen LogP contribution in [-0.4, -0.2) is 24.8 Å². The Labute approximate surface area is 103 Å². The molecule has 0 saturated heterocycles. The largest absolute Gasteiger partial charge is 0.479 e. The van der Waals surface area contributed by atoms with E-state index in [-0.39, 0.29) is 12.2 Å². The molecule has 0 spiro atoms. The van der Waals surface area contributed by atoms with E-state index in [1.54, 1.807) is 11.3 Å². The zero-order chi connectivity index (χ0) is 11.7. The van der Waals surface area contributed by atoms with Crippen LogP contribution in [0.3, 0.4) is 0 Å². The van der Waals surface area contributed by atoms with Gasteiger partial charge >= 0.3 is 0 Å². The van der Waals surface area contributed by atoms with Gasteiger partial charge in [0.2, 0.25) is 0 Å². The van der Waals surface area contributed by atoms with Crippen molar-refractivity contribution < 1.29 is 9.53 Å². The fourth-order valence-electron chi connectivity index (χ4n) is 1.91. The van der Waals surface area contributed by atoms with Gasteiger partial charge in [-0.2, -0.15) is 0 Å². The van der Waals surface area contributed by atoms with Gasteiger partial charge < -0.3 is 4.74 Å². The number of thiophene rings is 1. The van der Waals surface area contributed by atoms with E-state index in [4.69, 9.17) is 4.74 Å². The average Bonchev–Trinajstić information content (AvgIpc) is 2.96. The zero-order valence-electron chi connectivity index (χ0n) is 9.18. The maximum absolute atomic E-state index is 12.1. The number of aliphatic imine (C=N–C) groups is 1. The number of ketones is 1. The molecule has 0 unspecified atom stereocenters. The second-order valence-corrected chi connectivity index (χ2v) is 4.78. The summed E-state index contributed by atoms with van der Waals surface area (Å²) in [4.78, 5) is 16.3. The Hall–Kier alpha value is -1.68. The number of hydrogen-bond donors (Lipinski definition) is 0. The second kappa shape index (κ2) is 4.30. The van der Waals surface area contributed by atoms with Crippen LogP contribution in [-0.2, 0) is 4.74 Å². The van der Waals surface area contributed by atoms with Crippen LogP contribution in [0.5, 0.6) is 0 Å². The van der Waals surface area contributed by atoms with Gasteiger partial charge in [-0.3, -0.25) is 9.79 Å². The van der Waals surface area contributed by atoms with Crippen LogP contribution >= 0.6 is 11.3 Å². The lowest BCUT2D eigenvalue weighted by molar-refractivity contribution is 0.0996. The molecule has 1 aliphatic heterocycles. The molecule has 86 valence electrons. The number of Topliss-reactive ketones (excluding diaryl/α,β-unsaturated/α-hetero) is 1. The Bertz CT molecular complexity index is 600. The highest BCUT2D eigenvalue weighted by molar-refractivity contribution is 7.17. The van der Waals surface area contributed by atoms with Crippen LogP contribution in [0.2, 0.25) is 0 Å². The summed E-state index contributed by atoms with van der Waals surface area (Å²) in [6, 6.07) is 7.95. The number of rotatable bonds is 3. The summed E-state index contributed by atoms with van der Waals surface area (Å²) in [7, 11) is 0. The van der Waals surface area contributed by atoms with Gasteiger partial charge in [-0.1, -0.05) is 18.2 Å². The van der Waals surface area contributed by atoms with Crippen molar-refractivity contribution in [3.63, 3.8) is 0 Å². The third kappa shape index (κ3) is 1.96. The first kappa shape index (κ1) is 10.5. The average molecular weight is 245 g/mol. The summed E-state index contributed by atoms with van der Waals surface area (Å²) in [6.07, 6.45) is 0.278. The Balaban J connectivity index is 1.90. The van der Waals surface area contributed by atoms with Gasteiger partial charge in [-0.25, -0.2) is 0 Å². The summed E-state index contributed by atoms with van der Waals surface area (Å²) in [5.74, 6) is 0.661. The van der Waals surface area contributed by atoms with E-state index in [2.05, 4.69) is 4.99 Å². The van der Waals surface area contributed by atoms with E-state index in [1.807, 2.05) is 29.6 Å². The molecule has 0 fully saturated rings. The van der Waals surface area contributed by atoms with Crippen LogP contribution < -0.4 is 0 Å². The lowest BCUT2D eigenvalue weighted by atomic mass is 10.1. The molecule has 3 nitrogen and oxygen atoms in total. The monoisotopic (exact) mass is 245 g/mol. The van der Waals surface area contributed by atoms with Crippen LogP contribution in [0.1, 0.15) is 16.8 Å². The molecule has 4 heteroatoms. The van der Waals surface area contributed by atoms with Crippen LogP contribution in [0.4, 0.5) is 0 Å². The van der Waals surface area contributed by atoms with Crippen molar-refractivity contribution in [3.05, 3.63) is 35.2 Å². The summed E-state index contributed by atoms with van der Waals surface area (Å²) in [5.41, 5.74) is 0.781. The SMILES string of the molecule is O=C(CC1=NCCO1)c1csc2ccccc12. The molecule has 0 bridgehead atoms. The van der Waals surface area contributed by atoms with Gasteiger partial charge in [-0.15, -0.1) is 11.3 Å². The van der Waals surface area contributed by atoms with Gasteiger partial charge in [0.1, 0.15) is 6.61 Å². The summed E-state index contributed by atoms with van der Waals surface area (Å²) < 4.78 is 6.41. The van der Waals surface area contributed by atoms with Crippen molar-refractivity contribution in [1.82, 2.24) is 0 Å². The molecular weight excluding hydrogens is 234 g/mol. The van der Waals surface area contributed by atoms with Crippen LogP contribution in [0, 0.1) is 0 Å². The Kier molecular flexibility index (Phi) is 2.65. The molecule has 2 aromatic rings. The van der Waals surface area contributed by atoms with Crippen LogP contribution in [0.25, 0.3) is 10.1 Å². The first-order chi connectivity index (χ1) is 8.34. The van der Waals surface area contributed by atoms with E-state index in [1.165, 1.54) is 0 Å². The second-order valence-electron chi connectivity index (χ2n) is 3.87. The Morgan fingerprint density at radius 2 is 2.29 bits per heavy atom. The minimum atomic E-state index is 0.0862. The summed E-state index contributed by atoms with van der Waals surface area (Å²) in [6.45, 7) is 1.28. The predicted molar refractivity (Wildman–Crippen MR) is 69.0 cm³/mol. The van der Waals surface area contributed by atoms with Gasteiger partial charge in [-0.05, 0) is 6.07 Å². The van der Waals surface area contributed by atoms with E-state index in [0.29, 0.717) is 19.0 Å². The molecule has 17 heavy (non-hydrogen) atoms. The number of ether oxygens (including phenoxy) is 1. The van der Waals surface area contributed by atoms with Crippen molar-refractivity contribution in [3.8, 4) is 0 Å². The number of benzene rings is 1. The highest BCUT2D eigenvalue weighted by atomic mass is 32.1. The normalized spacial score (nSPS) is 14.7. The minimum absolute atomic E-state index is 0.0862. The molecule has 0 aliphatic carbocycles. The fourth-order valence-corrected chi connectivity index (χ4v) is 2.88. The van der Waals surface area contributed by atoms with Crippen molar-refractivity contribution in [2.24, 2.45) is 4.99 Å². The van der Waals surface area contributed by atoms with Crippen molar-refractivity contribution in [2.45, 2.75) is 6.42 Å². The summed E-state index contributed by atoms with van der Waals surface area (Å²) in [5, 5.41) is 2.95. The molecule has 1 aromatic carbocycles. The van der Waals surface area contributed by atoms with Gasteiger partial charge in [0.15, 0.2) is 11.7 Å². The molecule has 0 radical (unpaired) electrons. The van der Waals surface area contributed by atoms with E-state index >= 15 is 0 Å². The maximum Gasteiger partial charge on any atom is 0.191 e. The van der Waals surface area contributed by atoms with Gasteiger partial charge in [0.25, 0.3) is 0 Å². The van der Waals surface area contributed by atoms with E-state index < -0.39 is 0 Å². The third-order valence-corrected chi connectivity index (χ3v) is 3.70. The molecule has 0 N–H and O–H groups in total. The number of carbonyl (C=O) groups excluding carboxylic acids is 1. The number of fused-ring (bicyclic) bond motifs is 1. The van der Waals surface area contributed by atoms with Crippen LogP contribution in [0.15, 0.2) is 34.6 Å². The minimum Gasteiger partial charge on any atom is -0.479 e. The third-order valence-electron chi connectivity index (χ3n) is 2.74. The van der Waals surface area contributed by atoms with E-state index in [9.17, 15) is 4.79 Å². The van der Waals surface area contributed by atoms with Gasteiger partial charge in [0.05, 0.1) is 13.0 Å². The highest BCUT2D eigenvalue weighted by Gasteiger charge is 2.17. The Morgan fingerprint density at radius 3 is 3.12 bits per heavy atom. The number of carbonyl (C=O) groups is 1.